The molecule has 3 N–H and O–H groups in total. The van der Waals surface area contributed by atoms with Crippen molar-refractivity contribution in [3.05, 3.63) is 0 Å². The van der Waals surface area contributed by atoms with E-state index in [0.717, 1.165) is 6.66 Å². The van der Waals surface area contributed by atoms with Gasteiger partial charge in [-0.15, -0.1) is 0 Å². The van der Waals surface area contributed by atoms with E-state index in [4.69, 9.17) is 9.79 Å². The lowest BCUT2D eigenvalue weighted by Crippen LogP contribution is -2.13. The summed E-state index contributed by atoms with van der Waals surface area (Å²) < 4.78 is 29.7. The molecule has 0 aliphatic rings. The summed E-state index contributed by atoms with van der Waals surface area (Å²) in [5.41, 5.74) is 0. The minimum Gasteiger partial charge on any atom is -0.324 e. The molecule has 9 heteroatoms. The van der Waals surface area contributed by atoms with Crippen molar-refractivity contribution < 1.29 is 27.8 Å². The van der Waals surface area contributed by atoms with Gasteiger partial charge >= 0.3 is 15.4 Å². The predicted molar refractivity (Wildman–Crippen MR) is 46.5 cm³/mol. The number of likely N-dealkylation sites (N-methyl/N-ethyl adjacent to an activating group) is 1. The minimum atomic E-state index is -4.40. The highest BCUT2D eigenvalue weighted by molar-refractivity contribution is 7.63. The Morgan fingerprint density at radius 2 is 1.92 bits per heavy atom. The summed E-state index contributed by atoms with van der Waals surface area (Å²) in [6, 6.07) is 0. The molecule has 0 aliphatic carbocycles. The van der Waals surface area contributed by atoms with Crippen LogP contribution in [0.5, 0.6) is 0 Å². The molecule has 2 unspecified atom stereocenters. The molecule has 0 heterocycles. The predicted octanol–water partition coefficient (Wildman–Crippen LogP) is 0.155. The molecule has 0 rings (SSSR count). The molecule has 0 aromatic carbocycles. The molecule has 0 bridgehead atoms. The largest absolute Gasteiger partial charge is 0.479 e. The van der Waals surface area contributed by atoms with Gasteiger partial charge in [0.1, 0.15) is 0 Å². The van der Waals surface area contributed by atoms with Crippen molar-refractivity contribution in [2.75, 3.05) is 26.9 Å². The number of hydrogen-bond donors (Lipinski definition) is 3. The Morgan fingerprint density at radius 1 is 1.38 bits per heavy atom. The van der Waals surface area contributed by atoms with Crippen LogP contribution in [0.1, 0.15) is 0 Å². The Balaban J connectivity index is 3.95. The van der Waals surface area contributed by atoms with Gasteiger partial charge in [-0.3, -0.25) is 9.09 Å². The summed E-state index contributed by atoms with van der Waals surface area (Å²) in [6.07, 6.45) is 0. The van der Waals surface area contributed by atoms with Crippen molar-refractivity contribution in [1.82, 2.24) is 5.32 Å². The van der Waals surface area contributed by atoms with Crippen LogP contribution in [0.25, 0.3) is 0 Å². The second kappa shape index (κ2) is 5.22. The molecule has 0 aromatic heterocycles. The molecular weight excluding hydrogens is 220 g/mol. The maximum atomic E-state index is 10.9. The van der Waals surface area contributed by atoms with Crippen LogP contribution >= 0.6 is 15.4 Å². The molecule has 80 valence electrons. The summed E-state index contributed by atoms with van der Waals surface area (Å²) in [5, 5.41) is 2.66. The van der Waals surface area contributed by atoms with Crippen LogP contribution < -0.4 is 5.32 Å². The number of phosphoric ester groups is 1. The first-order valence-electron chi connectivity index (χ1n) is 3.40. The van der Waals surface area contributed by atoms with Crippen LogP contribution in [-0.4, -0.2) is 36.7 Å². The van der Waals surface area contributed by atoms with Gasteiger partial charge in [0.25, 0.3) is 0 Å². The van der Waals surface area contributed by atoms with Crippen molar-refractivity contribution in [2.24, 2.45) is 0 Å². The van der Waals surface area contributed by atoms with Crippen LogP contribution in [0.2, 0.25) is 0 Å². The Bertz CT molecular complexity index is 237. The monoisotopic (exact) mass is 233 g/mol. The molecule has 2 atom stereocenters. The maximum absolute atomic E-state index is 10.9. The highest BCUT2D eigenvalue weighted by Crippen LogP contribution is 2.57. The smallest absolute Gasteiger partial charge is 0.324 e. The topological polar surface area (TPSA) is 105 Å². The van der Waals surface area contributed by atoms with Crippen LogP contribution in [0.15, 0.2) is 0 Å². The number of rotatable bonds is 6. The highest BCUT2D eigenvalue weighted by Gasteiger charge is 2.29. The van der Waals surface area contributed by atoms with Gasteiger partial charge in [0.05, 0.1) is 6.61 Å². The van der Waals surface area contributed by atoms with E-state index in [9.17, 15) is 9.13 Å². The van der Waals surface area contributed by atoms with E-state index >= 15 is 0 Å². The third kappa shape index (κ3) is 8.59. The fourth-order valence-corrected chi connectivity index (χ4v) is 2.52. The quantitative estimate of drug-likeness (QED) is 0.443. The summed E-state index contributed by atoms with van der Waals surface area (Å²) in [4.78, 5) is 17.4. The van der Waals surface area contributed by atoms with Gasteiger partial charge in [-0.2, -0.15) is 0 Å². The Morgan fingerprint density at radius 3 is 2.31 bits per heavy atom. The van der Waals surface area contributed by atoms with Gasteiger partial charge in [-0.1, -0.05) is 0 Å². The molecule has 0 aliphatic heterocycles. The molecule has 0 radical (unpaired) electrons. The lowest BCUT2D eigenvalue weighted by atomic mass is 10.7. The van der Waals surface area contributed by atoms with Crippen molar-refractivity contribution in [2.45, 2.75) is 0 Å². The third-order valence-electron chi connectivity index (χ3n) is 0.861. The number of hydrogen-bond acceptors (Lipinski definition) is 5. The van der Waals surface area contributed by atoms with Crippen molar-refractivity contribution in [1.29, 1.82) is 0 Å². The molecular formula is C4H13NO6P2. The zero-order chi connectivity index (χ0) is 10.5. The average Bonchev–Trinajstić information content (AvgIpc) is 1.81. The van der Waals surface area contributed by atoms with Crippen molar-refractivity contribution >= 4 is 15.4 Å². The zero-order valence-corrected chi connectivity index (χ0v) is 9.12. The molecule has 0 saturated carbocycles. The number of phosphoric acid groups is 1. The van der Waals surface area contributed by atoms with E-state index in [1.165, 1.54) is 0 Å². The van der Waals surface area contributed by atoms with E-state index in [1.807, 2.05) is 0 Å². The lowest BCUT2D eigenvalue weighted by molar-refractivity contribution is 0.198. The standard InChI is InChI=1S/C4H13NO6P2/c1-5-3-4-10-13(8,9)11-12(2,6)7/h5H,3-4H2,1-2H3,(H,6,7)(H,8,9). The van der Waals surface area contributed by atoms with Gasteiger partial charge in [0, 0.05) is 13.2 Å². The van der Waals surface area contributed by atoms with Crippen LogP contribution in [0.3, 0.4) is 0 Å². The second-order valence-corrected chi connectivity index (χ2v) is 5.74. The molecule has 7 nitrogen and oxygen atoms in total. The van der Waals surface area contributed by atoms with Gasteiger partial charge in [0.15, 0.2) is 0 Å². The van der Waals surface area contributed by atoms with Gasteiger partial charge in [-0.25, -0.2) is 8.88 Å². The first kappa shape index (κ1) is 13.3. The summed E-state index contributed by atoms with van der Waals surface area (Å²) in [6.45, 7) is 1.06. The molecule has 0 fully saturated rings. The SMILES string of the molecule is CNCCOP(=O)(O)OP(C)(=O)O. The molecule has 13 heavy (non-hydrogen) atoms. The van der Waals surface area contributed by atoms with E-state index in [0.29, 0.717) is 6.54 Å². The zero-order valence-electron chi connectivity index (χ0n) is 7.34. The average molecular weight is 233 g/mol. The van der Waals surface area contributed by atoms with Crippen LogP contribution in [-0.2, 0) is 18.0 Å². The van der Waals surface area contributed by atoms with E-state index in [1.54, 1.807) is 7.05 Å². The number of nitrogens with one attached hydrogen (secondary N) is 1. The molecule has 0 saturated heterocycles. The fraction of sp³-hybridized carbons (Fsp3) is 1.00. The van der Waals surface area contributed by atoms with Crippen LogP contribution in [0, 0.1) is 0 Å². The van der Waals surface area contributed by atoms with E-state index in [-0.39, 0.29) is 6.61 Å². The summed E-state index contributed by atoms with van der Waals surface area (Å²) in [7, 11) is -6.76. The fourth-order valence-electron chi connectivity index (χ4n) is 0.478. The maximum Gasteiger partial charge on any atom is 0.479 e. The van der Waals surface area contributed by atoms with Gasteiger partial charge in [-0.05, 0) is 7.05 Å². The highest BCUT2D eigenvalue weighted by atomic mass is 31.3. The normalized spacial score (nSPS) is 20.6. The molecule has 0 aromatic rings. The molecule has 0 spiro atoms. The first-order chi connectivity index (χ1) is 5.77. The van der Waals surface area contributed by atoms with Crippen LogP contribution in [0.4, 0.5) is 0 Å². The van der Waals surface area contributed by atoms with E-state index in [2.05, 4.69) is 14.2 Å². The Kier molecular flexibility index (Phi) is 5.32. The van der Waals surface area contributed by atoms with Crippen molar-refractivity contribution in [3.8, 4) is 0 Å². The third-order valence-corrected chi connectivity index (χ3v) is 3.41. The Labute approximate surface area is 76.2 Å². The molecule has 0 amide bonds. The minimum absolute atomic E-state index is 0.0791. The summed E-state index contributed by atoms with van der Waals surface area (Å²) in [5.74, 6) is 0. The van der Waals surface area contributed by atoms with E-state index < -0.39 is 15.4 Å². The van der Waals surface area contributed by atoms with Gasteiger partial charge in [0.2, 0.25) is 0 Å². The first-order valence-corrected chi connectivity index (χ1v) is 6.92. The Hall–Kier alpha value is 0.260. The summed E-state index contributed by atoms with van der Waals surface area (Å²) >= 11 is 0. The lowest BCUT2D eigenvalue weighted by Gasteiger charge is -2.12. The van der Waals surface area contributed by atoms with Crippen molar-refractivity contribution in [3.63, 3.8) is 0 Å². The van der Waals surface area contributed by atoms with Gasteiger partial charge < -0.3 is 15.1 Å². The second-order valence-electron chi connectivity index (χ2n) is 2.29.